The lowest BCUT2D eigenvalue weighted by Crippen LogP contribution is -2.31. The van der Waals surface area contributed by atoms with E-state index in [0.29, 0.717) is 0 Å². The van der Waals surface area contributed by atoms with Crippen molar-refractivity contribution in [2.24, 2.45) is 0 Å². The molecule has 0 amide bonds. The van der Waals surface area contributed by atoms with Gasteiger partial charge in [-0.05, 0) is 24.6 Å². The molecular formula is C9H9FO3. The van der Waals surface area contributed by atoms with Crippen LogP contribution >= 0.6 is 0 Å². The maximum atomic E-state index is 12.7. The number of hydrogen-bond donors (Lipinski definition) is 2. The van der Waals surface area contributed by atoms with Crippen molar-refractivity contribution < 1.29 is 19.4 Å². The third-order valence-electron chi connectivity index (χ3n) is 1.80. The summed E-state index contributed by atoms with van der Waals surface area (Å²) in [6.45, 7) is 1.10. The van der Waals surface area contributed by atoms with Gasteiger partial charge >= 0.3 is 5.97 Å². The minimum Gasteiger partial charge on any atom is -0.479 e. The third kappa shape index (κ3) is 1.84. The molecule has 70 valence electrons. The van der Waals surface area contributed by atoms with E-state index in [1.165, 1.54) is 18.2 Å². The molecule has 0 bridgehead atoms. The molecule has 0 aliphatic carbocycles. The lowest BCUT2D eigenvalue weighted by molar-refractivity contribution is -0.157. The Labute approximate surface area is 74.4 Å². The summed E-state index contributed by atoms with van der Waals surface area (Å²) in [4.78, 5) is 10.6. The molecule has 0 spiro atoms. The van der Waals surface area contributed by atoms with Crippen LogP contribution in [0.4, 0.5) is 4.39 Å². The van der Waals surface area contributed by atoms with Crippen LogP contribution in [-0.2, 0) is 10.4 Å². The first-order valence-electron chi connectivity index (χ1n) is 3.66. The van der Waals surface area contributed by atoms with Crippen molar-refractivity contribution in [1.29, 1.82) is 0 Å². The molecule has 0 aromatic heterocycles. The topological polar surface area (TPSA) is 57.5 Å². The summed E-state index contributed by atoms with van der Waals surface area (Å²) < 4.78 is 12.7. The Hall–Kier alpha value is -1.42. The molecule has 1 rings (SSSR count). The fourth-order valence-electron chi connectivity index (χ4n) is 0.915. The number of carbonyl (C=O) groups is 1. The van der Waals surface area contributed by atoms with Gasteiger partial charge in [0.1, 0.15) is 5.82 Å². The van der Waals surface area contributed by atoms with Gasteiger partial charge in [-0.1, -0.05) is 12.1 Å². The first kappa shape index (κ1) is 9.67. The van der Waals surface area contributed by atoms with E-state index >= 15 is 0 Å². The van der Waals surface area contributed by atoms with Gasteiger partial charge in [0, 0.05) is 0 Å². The van der Waals surface area contributed by atoms with Crippen molar-refractivity contribution in [1.82, 2.24) is 0 Å². The standard InChI is InChI=1S/C9H9FO3/c1-9(13,8(11)12)6-3-2-4-7(10)5-6/h2-5,13H,1H3,(H,11,12)/t9-/m1/s1. The summed E-state index contributed by atoms with van der Waals surface area (Å²) >= 11 is 0. The lowest BCUT2D eigenvalue weighted by Gasteiger charge is -2.17. The van der Waals surface area contributed by atoms with E-state index in [2.05, 4.69) is 0 Å². The van der Waals surface area contributed by atoms with Crippen LogP contribution in [0.25, 0.3) is 0 Å². The van der Waals surface area contributed by atoms with Gasteiger partial charge in [-0.2, -0.15) is 0 Å². The Morgan fingerprint density at radius 3 is 2.62 bits per heavy atom. The molecule has 1 aromatic carbocycles. The molecule has 0 fully saturated rings. The van der Waals surface area contributed by atoms with Gasteiger partial charge in [-0.15, -0.1) is 0 Å². The van der Waals surface area contributed by atoms with Gasteiger partial charge in [0.2, 0.25) is 0 Å². The minimum absolute atomic E-state index is 0.0278. The van der Waals surface area contributed by atoms with E-state index in [1.54, 1.807) is 0 Å². The lowest BCUT2D eigenvalue weighted by atomic mass is 9.96. The first-order chi connectivity index (χ1) is 5.94. The Bertz CT molecular complexity index is 333. The smallest absolute Gasteiger partial charge is 0.340 e. The summed E-state index contributed by atoms with van der Waals surface area (Å²) in [5.41, 5.74) is -2.01. The average Bonchev–Trinajstić information content (AvgIpc) is 2.04. The largest absolute Gasteiger partial charge is 0.479 e. The SMILES string of the molecule is C[C@](O)(C(=O)O)c1cccc(F)c1. The number of hydrogen-bond acceptors (Lipinski definition) is 2. The van der Waals surface area contributed by atoms with Crippen molar-refractivity contribution in [3.63, 3.8) is 0 Å². The van der Waals surface area contributed by atoms with Crippen LogP contribution in [-0.4, -0.2) is 16.2 Å². The molecule has 0 aliphatic rings. The highest BCUT2D eigenvalue weighted by molar-refractivity contribution is 5.78. The monoisotopic (exact) mass is 184 g/mol. The Morgan fingerprint density at radius 2 is 2.15 bits per heavy atom. The predicted molar refractivity (Wildman–Crippen MR) is 43.6 cm³/mol. The van der Waals surface area contributed by atoms with E-state index < -0.39 is 17.4 Å². The maximum Gasteiger partial charge on any atom is 0.340 e. The normalized spacial score (nSPS) is 15.0. The number of aliphatic hydroxyl groups is 1. The summed E-state index contributed by atoms with van der Waals surface area (Å²) in [5, 5.41) is 18.0. The van der Waals surface area contributed by atoms with Crippen LogP contribution in [0.15, 0.2) is 24.3 Å². The average molecular weight is 184 g/mol. The van der Waals surface area contributed by atoms with E-state index in [-0.39, 0.29) is 5.56 Å². The number of aliphatic carboxylic acids is 1. The molecule has 2 N–H and O–H groups in total. The van der Waals surface area contributed by atoms with Crippen LogP contribution in [0.3, 0.4) is 0 Å². The zero-order valence-electron chi connectivity index (χ0n) is 6.99. The highest BCUT2D eigenvalue weighted by Gasteiger charge is 2.32. The second kappa shape index (κ2) is 3.14. The highest BCUT2D eigenvalue weighted by Crippen LogP contribution is 2.20. The summed E-state index contributed by atoms with van der Waals surface area (Å²) in [6, 6.07) is 4.88. The molecule has 0 saturated heterocycles. The molecule has 13 heavy (non-hydrogen) atoms. The Kier molecular flexibility index (Phi) is 2.34. The molecule has 0 heterocycles. The van der Waals surface area contributed by atoms with Gasteiger partial charge in [0.15, 0.2) is 5.60 Å². The number of benzene rings is 1. The fraction of sp³-hybridized carbons (Fsp3) is 0.222. The van der Waals surface area contributed by atoms with Crippen LogP contribution < -0.4 is 0 Å². The van der Waals surface area contributed by atoms with Gasteiger partial charge in [0.25, 0.3) is 0 Å². The van der Waals surface area contributed by atoms with Gasteiger partial charge in [-0.25, -0.2) is 9.18 Å². The highest BCUT2D eigenvalue weighted by atomic mass is 19.1. The predicted octanol–water partition coefficient (Wildman–Crippen LogP) is 1.12. The third-order valence-corrected chi connectivity index (χ3v) is 1.80. The first-order valence-corrected chi connectivity index (χ1v) is 3.66. The van der Waals surface area contributed by atoms with Crippen molar-refractivity contribution in [2.75, 3.05) is 0 Å². The van der Waals surface area contributed by atoms with Crippen LogP contribution in [0.5, 0.6) is 0 Å². The van der Waals surface area contributed by atoms with Crippen LogP contribution in [0.2, 0.25) is 0 Å². The fourth-order valence-corrected chi connectivity index (χ4v) is 0.915. The van der Waals surface area contributed by atoms with Crippen molar-refractivity contribution in [3.05, 3.63) is 35.6 Å². The van der Waals surface area contributed by atoms with Gasteiger partial charge < -0.3 is 10.2 Å². The van der Waals surface area contributed by atoms with E-state index in [0.717, 1.165) is 13.0 Å². The molecule has 0 saturated carbocycles. The molecule has 0 aliphatic heterocycles. The zero-order chi connectivity index (χ0) is 10.1. The molecule has 0 unspecified atom stereocenters. The van der Waals surface area contributed by atoms with Crippen LogP contribution in [0.1, 0.15) is 12.5 Å². The number of halogens is 1. The summed E-state index contributed by atoms with van der Waals surface area (Å²) in [5.74, 6) is -1.97. The molecule has 1 aromatic rings. The second-order valence-electron chi connectivity index (χ2n) is 2.89. The van der Waals surface area contributed by atoms with E-state index in [4.69, 9.17) is 5.11 Å². The molecule has 0 radical (unpaired) electrons. The zero-order valence-corrected chi connectivity index (χ0v) is 6.99. The quantitative estimate of drug-likeness (QED) is 0.724. The summed E-state index contributed by atoms with van der Waals surface area (Å²) in [6.07, 6.45) is 0. The number of rotatable bonds is 2. The van der Waals surface area contributed by atoms with E-state index in [1.807, 2.05) is 0 Å². The van der Waals surface area contributed by atoms with Crippen molar-refractivity contribution in [2.45, 2.75) is 12.5 Å². The number of carboxylic acid groups (broad SMARTS) is 1. The molecular weight excluding hydrogens is 175 g/mol. The van der Waals surface area contributed by atoms with Crippen molar-refractivity contribution in [3.8, 4) is 0 Å². The van der Waals surface area contributed by atoms with Crippen molar-refractivity contribution >= 4 is 5.97 Å². The van der Waals surface area contributed by atoms with Gasteiger partial charge in [0.05, 0.1) is 0 Å². The summed E-state index contributed by atoms with van der Waals surface area (Å²) in [7, 11) is 0. The second-order valence-corrected chi connectivity index (χ2v) is 2.89. The Balaban J connectivity index is 3.14. The van der Waals surface area contributed by atoms with Crippen LogP contribution in [0, 0.1) is 5.82 Å². The van der Waals surface area contributed by atoms with Gasteiger partial charge in [-0.3, -0.25) is 0 Å². The maximum absolute atomic E-state index is 12.7. The van der Waals surface area contributed by atoms with E-state index in [9.17, 15) is 14.3 Å². The minimum atomic E-state index is -2.04. The Morgan fingerprint density at radius 1 is 1.54 bits per heavy atom. The molecule has 4 heteroatoms. The molecule has 1 atom stereocenters. The number of carboxylic acids is 1. The molecule has 3 nitrogen and oxygen atoms in total.